The molecule has 1 aliphatic heterocycles. The Hall–Kier alpha value is -3.35. The molecule has 1 fully saturated rings. The van der Waals surface area contributed by atoms with Crippen LogP contribution in [-0.4, -0.2) is 41.3 Å². The number of amides is 2. The number of aromatic nitrogens is 2. The van der Waals surface area contributed by atoms with E-state index in [1.54, 1.807) is 36.5 Å². The van der Waals surface area contributed by atoms with E-state index in [4.69, 9.17) is 4.74 Å². The van der Waals surface area contributed by atoms with Crippen molar-refractivity contribution in [2.24, 2.45) is 0 Å². The van der Waals surface area contributed by atoms with Crippen LogP contribution in [0.3, 0.4) is 0 Å². The topological polar surface area (TPSA) is 61.5 Å². The molecule has 7 heteroatoms. The molecule has 0 unspecified atom stereocenters. The van der Waals surface area contributed by atoms with Crippen molar-refractivity contribution in [3.63, 3.8) is 0 Å². The molecule has 0 saturated carbocycles. The quantitative estimate of drug-likeness (QED) is 0.749. The molecule has 27 heavy (non-hydrogen) atoms. The highest BCUT2D eigenvalue weighted by atomic mass is 19.1. The number of urea groups is 1. The third-order valence-electron chi connectivity index (χ3n) is 4.67. The van der Waals surface area contributed by atoms with Gasteiger partial charge in [-0.05, 0) is 35.4 Å². The van der Waals surface area contributed by atoms with Gasteiger partial charge in [-0.1, -0.05) is 18.2 Å². The number of H-pyrrole nitrogens is 1. The lowest BCUT2D eigenvalue weighted by Gasteiger charge is -2.19. The molecule has 0 aliphatic carbocycles. The Kier molecular flexibility index (Phi) is 4.50. The maximum Gasteiger partial charge on any atom is 0.325 e. The third kappa shape index (κ3) is 3.36. The number of carbonyl (C=O) groups excluding carboxylic acids is 1. The van der Waals surface area contributed by atoms with E-state index < -0.39 is 5.82 Å². The average Bonchev–Trinajstić information content (AvgIpc) is 3.33. The summed E-state index contributed by atoms with van der Waals surface area (Å²) in [6, 6.07) is 12.3. The summed E-state index contributed by atoms with van der Waals surface area (Å²) < 4.78 is 19.9. The maximum atomic E-state index is 14.7. The predicted octanol–water partition coefficient (Wildman–Crippen LogP) is 3.67. The number of halogens is 1. The highest BCUT2D eigenvalue weighted by molar-refractivity contribution is 5.94. The van der Waals surface area contributed by atoms with Gasteiger partial charge in [0.15, 0.2) is 0 Å². The summed E-state index contributed by atoms with van der Waals surface area (Å²) in [6.45, 7) is 1.45. The molecule has 2 heterocycles. The number of hydrogen-bond donors (Lipinski definition) is 1. The van der Waals surface area contributed by atoms with E-state index in [0.717, 1.165) is 16.9 Å². The Balaban J connectivity index is 1.51. The maximum absolute atomic E-state index is 14.7. The summed E-state index contributed by atoms with van der Waals surface area (Å²) in [7, 11) is 1.61. The molecule has 4 rings (SSSR count). The Morgan fingerprint density at radius 2 is 2.07 bits per heavy atom. The summed E-state index contributed by atoms with van der Waals surface area (Å²) in [5, 5.41) is 6.58. The minimum atomic E-state index is -0.426. The van der Waals surface area contributed by atoms with Gasteiger partial charge >= 0.3 is 6.03 Å². The van der Waals surface area contributed by atoms with E-state index in [0.29, 0.717) is 30.9 Å². The third-order valence-corrected chi connectivity index (χ3v) is 4.67. The zero-order valence-corrected chi connectivity index (χ0v) is 14.9. The Bertz CT molecular complexity index is 958. The molecule has 1 N–H and O–H groups in total. The van der Waals surface area contributed by atoms with Crippen molar-refractivity contribution < 1.29 is 13.9 Å². The highest BCUT2D eigenvalue weighted by Gasteiger charge is 2.31. The number of rotatable bonds is 5. The number of benzene rings is 2. The number of nitrogens with one attached hydrogen (secondary N) is 1. The molecule has 3 aromatic rings. The van der Waals surface area contributed by atoms with Gasteiger partial charge in [-0.3, -0.25) is 10.00 Å². The molecular formula is C20H19FN4O2. The van der Waals surface area contributed by atoms with E-state index in [2.05, 4.69) is 10.2 Å². The monoisotopic (exact) mass is 366 g/mol. The van der Waals surface area contributed by atoms with Crippen LogP contribution in [0.4, 0.5) is 14.9 Å². The predicted molar refractivity (Wildman–Crippen MR) is 100 cm³/mol. The normalized spacial score (nSPS) is 14.1. The van der Waals surface area contributed by atoms with E-state index in [-0.39, 0.29) is 6.03 Å². The number of hydrogen-bond acceptors (Lipinski definition) is 3. The van der Waals surface area contributed by atoms with Gasteiger partial charge in [-0.25, -0.2) is 9.18 Å². The van der Waals surface area contributed by atoms with Crippen LogP contribution in [0, 0.1) is 5.82 Å². The molecule has 2 aromatic carbocycles. The summed E-state index contributed by atoms with van der Waals surface area (Å²) in [5.74, 6) is 0.321. The van der Waals surface area contributed by atoms with Crippen molar-refractivity contribution >= 4 is 11.7 Å². The van der Waals surface area contributed by atoms with Crippen LogP contribution >= 0.6 is 0 Å². The molecule has 1 aromatic heterocycles. The van der Waals surface area contributed by atoms with Crippen molar-refractivity contribution in [2.75, 3.05) is 25.1 Å². The van der Waals surface area contributed by atoms with Crippen LogP contribution in [0.15, 0.2) is 54.9 Å². The second-order valence-corrected chi connectivity index (χ2v) is 6.36. The summed E-state index contributed by atoms with van der Waals surface area (Å²) in [5.41, 5.74) is 2.78. The van der Waals surface area contributed by atoms with E-state index >= 15 is 0 Å². The standard InChI is InChI=1S/C20H19FN4O2/c1-27-17-4-2-3-14(9-17)13-24-7-8-25(20(24)26)19-6-5-15(10-18(19)21)16-11-22-23-12-16/h2-6,9-12H,7-8,13H2,1H3,(H,22,23). The molecule has 0 atom stereocenters. The molecule has 1 saturated heterocycles. The highest BCUT2D eigenvalue weighted by Crippen LogP contribution is 2.29. The van der Waals surface area contributed by atoms with Gasteiger partial charge in [0.25, 0.3) is 0 Å². The molecule has 138 valence electrons. The molecule has 0 radical (unpaired) electrons. The van der Waals surface area contributed by atoms with Gasteiger partial charge in [-0.15, -0.1) is 0 Å². The number of aromatic amines is 1. The van der Waals surface area contributed by atoms with Crippen molar-refractivity contribution in [2.45, 2.75) is 6.54 Å². The number of ether oxygens (including phenoxy) is 1. The first kappa shape index (κ1) is 17.1. The average molecular weight is 366 g/mol. The van der Waals surface area contributed by atoms with Gasteiger partial charge in [0.2, 0.25) is 0 Å². The molecule has 6 nitrogen and oxygen atoms in total. The van der Waals surface area contributed by atoms with Crippen molar-refractivity contribution in [3.8, 4) is 16.9 Å². The first-order chi connectivity index (χ1) is 13.2. The second-order valence-electron chi connectivity index (χ2n) is 6.36. The largest absolute Gasteiger partial charge is 0.497 e. The molecule has 2 amide bonds. The molecule has 0 spiro atoms. The fourth-order valence-corrected chi connectivity index (χ4v) is 3.26. The SMILES string of the molecule is COc1cccc(CN2CCN(c3ccc(-c4cn[nH]c4)cc3F)C2=O)c1. The van der Waals surface area contributed by atoms with Gasteiger partial charge in [0, 0.05) is 31.4 Å². The minimum Gasteiger partial charge on any atom is -0.497 e. The van der Waals surface area contributed by atoms with E-state index in [1.807, 2.05) is 24.3 Å². The Morgan fingerprint density at radius 1 is 1.19 bits per heavy atom. The summed E-state index contributed by atoms with van der Waals surface area (Å²) in [4.78, 5) is 16.0. The summed E-state index contributed by atoms with van der Waals surface area (Å²) in [6.07, 6.45) is 3.33. The zero-order valence-electron chi connectivity index (χ0n) is 14.9. The van der Waals surface area contributed by atoms with Crippen molar-refractivity contribution in [3.05, 3.63) is 66.2 Å². The first-order valence-corrected chi connectivity index (χ1v) is 8.64. The van der Waals surface area contributed by atoms with Gasteiger partial charge in [-0.2, -0.15) is 5.10 Å². The number of carbonyl (C=O) groups is 1. The van der Waals surface area contributed by atoms with Gasteiger partial charge in [0.05, 0.1) is 19.0 Å². The van der Waals surface area contributed by atoms with E-state index in [1.165, 1.54) is 11.0 Å². The Labute approximate surface area is 156 Å². The van der Waals surface area contributed by atoms with Crippen LogP contribution in [0.5, 0.6) is 5.75 Å². The van der Waals surface area contributed by atoms with Crippen LogP contribution in [-0.2, 0) is 6.54 Å². The fourth-order valence-electron chi connectivity index (χ4n) is 3.26. The van der Waals surface area contributed by atoms with Gasteiger partial charge in [0.1, 0.15) is 11.6 Å². The van der Waals surface area contributed by atoms with Crippen molar-refractivity contribution in [1.82, 2.24) is 15.1 Å². The fraction of sp³-hybridized carbons (Fsp3) is 0.200. The number of nitrogens with zero attached hydrogens (tertiary/aromatic N) is 3. The van der Waals surface area contributed by atoms with Crippen LogP contribution in [0.1, 0.15) is 5.56 Å². The van der Waals surface area contributed by atoms with Crippen LogP contribution in [0.2, 0.25) is 0 Å². The Morgan fingerprint density at radius 3 is 2.81 bits per heavy atom. The lowest BCUT2D eigenvalue weighted by atomic mass is 10.1. The minimum absolute atomic E-state index is 0.201. The zero-order chi connectivity index (χ0) is 18.8. The van der Waals surface area contributed by atoms with Crippen LogP contribution < -0.4 is 9.64 Å². The molecular weight excluding hydrogens is 347 g/mol. The molecule has 0 bridgehead atoms. The molecule has 1 aliphatic rings. The number of anilines is 1. The second kappa shape index (κ2) is 7.11. The first-order valence-electron chi connectivity index (χ1n) is 8.64. The summed E-state index contributed by atoms with van der Waals surface area (Å²) >= 11 is 0. The number of methoxy groups -OCH3 is 1. The lowest BCUT2D eigenvalue weighted by Crippen LogP contribution is -2.32. The lowest BCUT2D eigenvalue weighted by molar-refractivity contribution is 0.218. The van der Waals surface area contributed by atoms with E-state index in [9.17, 15) is 9.18 Å². The van der Waals surface area contributed by atoms with Crippen molar-refractivity contribution in [1.29, 1.82) is 0 Å². The van der Waals surface area contributed by atoms with Crippen LogP contribution in [0.25, 0.3) is 11.1 Å². The smallest absolute Gasteiger partial charge is 0.325 e. The van der Waals surface area contributed by atoms with Gasteiger partial charge < -0.3 is 9.64 Å².